The molecule has 0 saturated carbocycles. The van der Waals surface area contributed by atoms with Gasteiger partial charge in [-0.1, -0.05) is 97.1 Å². The fourth-order valence-corrected chi connectivity index (χ4v) is 12.3. The number of aromatic nitrogens is 4. The van der Waals surface area contributed by atoms with E-state index in [1.807, 2.05) is 24.5 Å². The summed E-state index contributed by atoms with van der Waals surface area (Å²) in [6.45, 7) is 0.744. The molecule has 6 aromatic heterocycles. The molecule has 1 aliphatic heterocycles. The first-order valence-corrected chi connectivity index (χ1v) is 24.2. The molecule has 1 N–H and O–H groups in total. The molecule has 0 saturated heterocycles. The number of benzene rings is 8. The molecule has 0 spiro atoms. The maximum atomic E-state index is 6.40. The highest BCUT2D eigenvalue weighted by Crippen LogP contribution is 2.57. The van der Waals surface area contributed by atoms with Gasteiger partial charge in [0.2, 0.25) is 0 Å². The van der Waals surface area contributed by atoms with Crippen molar-refractivity contribution < 1.29 is 8.83 Å². The Morgan fingerprint density at radius 2 is 1.10 bits per heavy atom. The number of hydrogen-bond donors (Lipinski definition) is 1. The number of hydrogen-bond acceptors (Lipinski definition) is 5. The minimum absolute atomic E-state index is 0.744. The molecule has 0 radical (unpaired) electrons. The predicted octanol–water partition coefficient (Wildman–Crippen LogP) is 15.8. The minimum atomic E-state index is -0.753. The zero-order valence-corrected chi connectivity index (χ0v) is 38.1. The summed E-state index contributed by atoms with van der Waals surface area (Å²) in [4.78, 5) is 10.1. The SMILES string of the molecule is C1=Cc2oc3ccc(C4(c5ccc6oc7cccnc7c6c5)c5ccc(-n6c7ccccc7c7cc(-c8ccc9c(c8)c8ccccc8n9-c8ccccc8)ccc76)cc5-c5ncccc54)cc3c2NC1. The average molecular weight is 910 g/mol. The predicted molar refractivity (Wildman–Crippen MR) is 288 cm³/mol. The molecule has 71 heavy (non-hydrogen) atoms. The van der Waals surface area contributed by atoms with Crippen LogP contribution in [-0.4, -0.2) is 25.6 Å². The summed E-state index contributed by atoms with van der Waals surface area (Å²) in [5, 5.41) is 10.5. The van der Waals surface area contributed by atoms with Gasteiger partial charge in [0, 0.05) is 68.2 Å². The van der Waals surface area contributed by atoms with Crippen LogP contribution in [0.4, 0.5) is 5.69 Å². The number of fused-ring (bicyclic) bond motifs is 15. The summed E-state index contributed by atoms with van der Waals surface area (Å²) in [6.07, 6.45) is 7.93. The van der Waals surface area contributed by atoms with Crippen LogP contribution in [0.3, 0.4) is 0 Å². The summed E-state index contributed by atoms with van der Waals surface area (Å²) < 4.78 is 17.6. The van der Waals surface area contributed by atoms with E-state index in [0.29, 0.717) is 0 Å². The van der Waals surface area contributed by atoms with E-state index in [-0.39, 0.29) is 0 Å². The Bertz CT molecular complexity index is 4610. The van der Waals surface area contributed by atoms with Crippen LogP contribution in [0.5, 0.6) is 0 Å². The Kier molecular flexibility index (Phi) is 7.75. The lowest BCUT2D eigenvalue weighted by Gasteiger charge is -2.33. The smallest absolute Gasteiger partial charge is 0.153 e. The van der Waals surface area contributed by atoms with Gasteiger partial charge in [-0.15, -0.1) is 0 Å². The highest BCUT2D eigenvalue weighted by Gasteiger charge is 2.47. The van der Waals surface area contributed by atoms with Crippen LogP contribution in [0, 0.1) is 0 Å². The lowest BCUT2D eigenvalue weighted by Crippen LogP contribution is -2.28. The summed E-state index contributed by atoms with van der Waals surface area (Å²) in [7, 11) is 0. The standard InChI is InChI=1S/C64H39N5O2/c1-2-11-42(12-3-1)68-53-16-6-4-13-44(53)46-33-38(20-26-55(46)68)39-21-27-56-47(34-39)45-14-5-7-17-54(45)69(56)43-24-25-51-48(37-43)61-52(15-8-30-65-61)64(51,40-22-28-57-49(35-40)62-59(70-57)18-9-31-66-62)41-23-29-58-50(36-41)63-60(71-58)19-10-32-67-63/h1-31,33-37,67H,32H2. The molecule has 16 rings (SSSR count). The number of anilines is 1. The molecule has 1 unspecified atom stereocenters. The van der Waals surface area contributed by atoms with E-state index in [1.54, 1.807) is 0 Å². The molecule has 332 valence electrons. The fraction of sp³-hybridized carbons (Fsp3) is 0.0312. The molecule has 0 fully saturated rings. The average Bonchev–Trinajstić information content (AvgIpc) is 4.24. The van der Waals surface area contributed by atoms with Crippen LogP contribution >= 0.6 is 0 Å². The Morgan fingerprint density at radius 1 is 0.451 bits per heavy atom. The Labute approximate surface area is 406 Å². The first-order chi connectivity index (χ1) is 35.2. The summed E-state index contributed by atoms with van der Waals surface area (Å²) in [5.41, 5.74) is 19.4. The molecular weight excluding hydrogens is 871 g/mol. The van der Waals surface area contributed by atoms with Crippen LogP contribution in [0.2, 0.25) is 0 Å². The van der Waals surface area contributed by atoms with Crippen LogP contribution in [-0.2, 0) is 5.41 Å². The molecule has 7 heteroatoms. The van der Waals surface area contributed by atoms with Crippen molar-refractivity contribution in [3.8, 4) is 33.8 Å². The van der Waals surface area contributed by atoms with Gasteiger partial charge in [0.05, 0.1) is 38.9 Å². The van der Waals surface area contributed by atoms with Gasteiger partial charge in [-0.2, -0.15) is 0 Å². The lowest BCUT2D eigenvalue weighted by atomic mass is 9.67. The summed E-state index contributed by atoms with van der Waals surface area (Å²) in [6, 6.07) is 70.6. The molecule has 7 heterocycles. The number of furan rings is 2. The van der Waals surface area contributed by atoms with Gasteiger partial charge in [-0.25, -0.2) is 0 Å². The molecule has 0 bridgehead atoms. The van der Waals surface area contributed by atoms with Gasteiger partial charge in [0.15, 0.2) is 11.3 Å². The third kappa shape index (κ3) is 5.26. The molecule has 14 aromatic rings. The van der Waals surface area contributed by atoms with Gasteiger partial charge < -0.3 is 23.3 Å². The second-order valence-electron chi connectivity index (χ2n) is 18.9. The number of pyridine rings is 2. The monoisotopic (exact) mass is 909 g/mol. The van der Waals surface area contributed by atoms with E-state index in [0.717, 1.165) is 107 Å². The van der Waals surface area contributed by atoms with Crippen molar-refractivity contribution in [2.24, 2.45) is 0 Å². The van der Waals surface area contributed by atoms with E-state index in [4.69, 9.17) is 18.8 Å². The molecular formula is C64H39N5O2. The molecule has 1 atom stereocenters. The van der Waals surface area contributed by atoms with Gasteiger partial charge in [-0.05, 0) is 143 Å². The van der Waals surface area contributed by atoms with Gasteiger partial charge in [-0.3, -0.25) is 9.97 Å². The second kappa shape index (κ2) is 14.3. The van der Waals surface area contributed by atoms with Crippen molar-refractivity contribution in [2.45, 2.75) is 5.41 Å². The number of nitrogens with zero attached hydrogens (tertiary/aromatic N) is 4. The van der Waals surface area contributed by atoms with Crippen molar-refractivity contribution in [3.63, 3.8) is 0 Å². The summed E-state index contributed by atoms with van der Waals surface area (Å²) in [5.74, 6) is 0.847. The van der Waals surface area contributed by atoms with Crippen LogP contribution in [0.15, 0.2) is 221 Å². The topological polar surface area (TPSA) is 74.0 Å². The number of nitrogens with one attached hydrogen (secondary N) is 1. The zero-order chi connectivity index (χ0) is 46.4. The first-order valence-electron chi connectivity index (χ1n) is 24.2. The fourth-order valence-electron chi connectivity index (χ4n) is 12.3. The Hall–Kier alpha value is -9.46. The third-order valence-electron chi connectivity index (χ3n) is 15.3. The number of rotatable bonds is 5. The van der Waals surface area contributed by atoms with Crippen molar-refractivity contribution >= 4 is 88.4 Å². The van der Waals surface area contributed by atoms with Crippen LogP contribution in [0.25, 0.3) is 116 Å². The largest absolute Gasteiger partial charge is 0.454 e. The molecule has 0 amide bonds. The minimum Gasteiger partial charge on any atom is -0.454 e. The van der Waals surface area contributed by atoms with Crippen LogP contribution in [0.1, 0.15) is 28.0 Å². The van der Waals surface area contributed by atoms with Crippen LogP contribution < -0.4 is 5.32 Å². The van der Waals surface area contributed by atoms with E-state index in [2.05, 4.69) is 209 Å². The van der Waals surface area contributed by atoms with E-state index in [1.165, 1.54) is 43.7 Å². The van der Waals surface area contributed by atoms with Gasteiger partial charge >= 0.3 is 0 Å². The van der Waals surface area contributed by atoms with Crippen molar-refractivity contribution in [1.29, 1.82) is 0 Å². The first kappa shape index (κ1) is 38.5. The zero-order valence-electron chi connectivity index (χ0n) is 38.1. The second-order valence-corrected chi connectivity index (χ2v) is 18.9. The highest BCUT2D eigenvalue weighted by molar-refractivity contribution is 6.13. The Balaban J connectivity index is 0.899. The third-order valence-corrected chi connectivity index (χ3v) is 15.3. The number of para-hydroxylation sites is 3. The van der Waals surface area contributed by atoms with Crippen molar-refractivity contribution in [3.05, 3.63) is 241 Å². The molecule has 7 nitrogen and oxygen atoms in total. The van der Waals surface area contributed by atoms with E-state index in [9.17, 15) is 0 Å². The quantitative estimate of drug-likeness (QED) is 0.186. The maximum Gasteiger partial charge on any atom is 0.153 e. The molecule has 2 aliphatic rings. The van der Waals surface area contributed by atoms with Crippen molar-refractivity contribution in [2.75, 3.05) is 11.9 Å². The lowest BCUT2D eigenvalue weighted by molar-refractivity contribution is 0.604. The van der Waals surface area contributed by atoms with Gasteiger partial charge in [0.25, 0.3) is 0 Å². The summed E-state index contributed by atoms with van der Waals surface area (Å²) >= 11 is 0. The molecule has 8 aromatic carbocycles. The van der Waals surface area contributed by atoms with E-state index >= 15 is 0 Å². The Morgan fingerprint density at radius 3 is 1.86 bits per heavy atom. The van der Waals surface area contributed by atoms with Crippen molar-refractivity contribution in [1.82, 2.24) is 19.1 Å². The van der Waals surface area contributed by atoms with E-state index < -0.39 is 5.41 Å². The highest BCUT2D eigenvalue weighted by atomic mass is 16.3. The molecule has 1 aliphatic carbocycles. The maximum absolute atomic E-state index is 6.40. The normalized spacial score (nSPS) is 15.1. The van der Waals surface area contributed by atoms with Gasteiger partial charge in [0.1, 0.15) is 16.7 Å².